The lowest BCUT2D eigenvalue weighted by molar-refractivity contribution is -0.136. The number of halogens is 2. The zero-order chi connectivity index (χ0) is 23.0. The molecule has 0 bridgehead atoms. The third-order valence-corrected chi connectivity index (χ3v) is 7.18. The molecule has 0 spiro atoms. The Morgan fingerprint density at radius 2 is 1.88 bits per heavy atom. The molecule has 6 nitrogen and oxygen atoms in total. The third-order valence-electron chi connectivity index (χ3n) is 5.03. The molecule has 0 aromatic heterocycles. The number of amides is 1. The number of nitrogens with zero attached hydrogens (tertiary/aromatic N) is 2. The van der Waals surface area contributed by atoms with Gasteiger partial charge in [0, 0.05) is 19.9 Å². The number of fused-ring (bicyclic) bond motifs is 1. The number of carbonyl (C=O) groups excluding carboxylic acids is 2. The molecule has 1 amide bonds. The number of hydrogen-bond acceptors (Lipinski definition) is 6. The molecule has 0 saturated heterocycles. The van der Waals surface area contributed by atoms with Crippen LogP contribution in [0, 0.1) is 11.3 Å². The van der Waals surface area contributed by atoms with Gasteiger partial charge >= 0.3 is 5.97 Å². The number of hydrogen-bond donors (Lipinski definition) is 1. The summed E-state index contributed by atoms with van der Waals surface area (Å²) in [5.74, 6) is -1.85. The van der Waals surface area contributed by atoms with E-state index in [1.165, 1.54) is 29.8 Å². The zero-order valence-corrected chi connectivity index (χ0v) is 20.6. The van der Waals surface area contributed by atoms with E-state index in [1.807, 2.05) is 42.5 Å². The van der Waals surface area contributed by atoms with Gasteiger partial charge in [-0.25, -0.2) is 4.79 Å². The molecule has 4 rings (SSSR count). The Balaban J connectivity index is 1.97. The van der Waals surface area contributed by atoms with Crippen LogP contribution in [0.2, 0.25) is 0 Å². The molecule has 32 heavy (non-hydrogen) atoms. The third kappa shape index (κ3) is 3.90. The first-order chi connectivity index (χ1) is 15.3. The summed E-state index contributed by atoms with van der Waals surface area (Å²) in [7, 11) is 1.27. The van der Waals surface area contributed by atoms with E-state index < -0.39 is 17.8 Å². The van der Waals surface area contributed by atoms with Gasteiger partial charge < -0.3 is 10.5 Å². The van der Waals surface area contributed by atoms with Gasteiger partial charge in [-0.2, -0.15) is 5.26 Å². The molecule has 2 aliphatic heterocycles. The number of methoxy groups -OCH3 is 1. The number of nitrogens with two attached hydrogens (primary N) is 1. The molecule has 0 fully saturated rings. The van der Waals surface area contributed by atoms with E-state index in [0.29, 0.717) is 15.5 Å². The van der Waals surface area contributed by atoms with Crippen LogP contribution in [0.15, 0.2) is 85.5 Å². The SMILES string of the molecule is COC(=O)C1=C2SC(c3cccc(Br)c3)=CC(=O)N2C(N)=C(C#N)C1c1cccc(Br)c1. The second-order valence-electron chi connectivity index (χ2n) is 6.90. The van der Waals surface area contributed by atoms with E-state index in [1.54, 1.807) is 6.07 Å². The summed E-state index contributed by atoms with van der Waals surface area (Å²) >= 11 is 8.13. The Hall–Kier alpha value is -2.80. The number of ether oxygens (including phenoxy) is 1. The van der Waals surface area contributed by atoms with Gasteiger partial charge in [0.2, 0.25) is 0 Å². The number of rotatable bonds is 3. The van der Waals surface area contributed by atoms with Crippen LogP contribution in [-0.4, -0.2) is 23.9 Å². The van der Waals surface area contributed by atoms with Crippen molar-refractivity contribution in [2.45, 2.75) is 5.92 Å². The normalized spacial score (nSPS) is 18.2. The van der Waals surface area contributed by atoms with E-state index in [4.69, 9.17) is 10.5 Å². The average Bonchev–Trinajstić information content (AvgIpc) is 2.78. The number of thioether (sulfide) groups is 1. The van der Waals surface area contributed by atoms with Crippen LogP contribution < -0.4 is 5.73 Å². The summed E-state index contributed by atoms with van der Waals surface area (Å²) in [6.45, 7) is 0. The van der Waals surface area contributed by atoms with Crippen molar-refractivity contribution in [1.29, 1.82) is 5.26 Å². The molecule has 2 N–H and O–H groups in total. The fourth-order valence-electron chi connectivity index (χ4n) is 3.64. The number of carbonyl (C=O) groups is 2. The van der Waals surface area contributed by atoms with Gasteiger partial charge in [-0.1, -0.05) is 67.9 Å². The van der Waals surface area contributed by atoms with E-state index >= 15 is 0 Å². The van der Waals surface area contributed by atoms with Crippen molar-refractivity contribution in [2.75, 3.05) is 7.11 Å². The second kappa shape index (κ2) is 8.98. The minimum Gasteiger partial charge on any atom is -0.466 e. The van der Waals surface area contributed by atoms with Crippen LogP contribution in [0.3, 0.4) is 0 Å². The van der Waals surface area contributed by atoms with Gasteiger partial charge in [0.1, 0.15) is 10.9 Å². The highest BCUT2D eigenvalue weighted by atomic mass is 79.9. The molecule has 2 heterocycles. The van der Waals surface area contributed by atoms with Crippen LogP contribution in [0.4, 0.5) is 0 Å². The molecule has 2 aliphatic rings. The van der Waals surface area contributed by atoms with Gasteiger partial charge in [-0.3, -0.25) is 9.69 Å². The lowest BCUT2D eigenvalue weighted by Crippen LogP contribution is -2.40. The predicted octanol–water partition coefficient (Wildman–Crippen LogP) is 5.00. The first-order valence-electron chi connectivity index (χ1n) is 9.33. The predicted molar refractivity (Wildman–Crippen MR) is 129 cm³/mol. The van der Waals surface area contributed by atoms with Crippen molar-refractivity contribution in [2.24, 2.45) is 5.73 Å². The van der Waals surface area contributed by atoms with Crippen molar-refractivity contribution in [3.8, 4) is 6.07 Å². The number of nitriles is 1. The van der Waals surface area contributed by atoms with Crippen LogP contribution in [0.25, 0.3) is 4.91 Å². The lowest BCUT2D eigenvalue weighted by atomic mass is 9.83. The highest BCUT2D eigenvalue weighted by Crippen LogP contribution is 2.50. The summed E-state index contributed by atoms with van der Waals surface area (Å²) < 4.78 is 6.72. The summed E-state index contributed by atoms with van der Waals surface area (Å²) in [4.78, 5) is 28.0. The molecule has 0 radical (unpaired) electrons. The molecule has 9 heteroatoms. The quantitative estimate of drug-likeness (QED) is 0.520. The van der Waals surface area contributed by atoms with Crippen molar-refractivity contribution < 1.29 is 14.3 Å². The standard InChI is InChI=1S/C23H15Br2N3O3S/c1-31-23(30)20-19(13-5-3-7-15(25)9-13)16(11-26)21(27)28-18(29)10-17(32-22(20)28)12-4-2-6-14(24)8-12/h2-10,19H,27H2,1H3. The largest absolute Gasteiger partial charge is 0.466 e. The van der Waals surface area contributed by atoms with Gasteiger partial charge in [0.05, 0.1) is 30.2 Å². The van der Waals surface area contributed by atoms with Crippen molar-refractivity contribution >= 4 is 60.4 Å². The highest BCUT2D eigenvalue weighted by molar-refractivity contribution is 9.10. The summed E-state index contributed by atoms with van der Waals surface area (Å²) in [6, 6.07) is 16.9. The van der Waals surface area contributed by atoms with E-state index in [-0.39, 0.29) is 17.0 Å². The maximum absolute atomic E-state index is 13.1. The Morgan fingerprint density at radius 3 is 2.50 bits per heavy atom. The molecule has 1 unspecified atom stereocenters. The van der Waals surface area contributed by atoms with E-state index in [9.17, 15) is 14.9 Å². The van der Waals surface area contributed by atoms with E-state index in [2.05, 4.69) is 37.9 Å². The van der Waals surface area contributed by atoms with E-state index in [0.717, 1.165) is 14.5 Å². The highest BCUT2D eigenvalue weighted by Gasteiger charge is 2.43. The maximum atomic E-state index is 13.1. The van der Waals surface area contributed by atoms with Gasteiger partial charge in [0.25, 0.3) is 5.91 Å². The topological polar surface area (TPSA) is 96.4 Å². The van der Waals surface area contributed by atoms with Crippen LogP contribution in [-0.2, 0) is 14.3 Å². The van der Waals surface area contributed by atoms with Crippen molar-refractivity contribution in [3.05, 3.63) is 96.7 Å². The van der Waals surface area contributed by atoms with Crippen molar-refractivity contribution in [1.82, 2.24) is 4.90 Å². The minimum atomic E-state index is -0.779. The fourth-order valence-corrected chi connectivity index (χ4v) is 5.66. The monoisotopic (exact) mass is 571 g/mol. The molecule has 1 atom stereocenters. The molecular formula is C23H15Br2N3O3S. The maximum Gasteiger partial charge on any atom is 0.337 e. The van der Waals surface area contributed by atoms with Crippen molar-refractivity contribution in [3.63, 3.8) is 0 Å². The minimum absolute atomic E-state index is 0.00201. The van der Waals surface area contributed by atoms with Crippen LogP contribution in [0.1, 0.15) is 17.0 Å². The molecule has 160 valence electrons. The Kier molecular flexibility index (Phi) is 6.29. The van der Waals surface area contributed by atoms with Gasteiger partial charge in [0.15, 0.2) is 0 Å². The molecule has 2 aromatic carbocycles. The Labute approximate surface area is 205 Å². The summed E-state index contributed by atoms with van der Waals surface area (Å²) in [5.41, 5.74) is 8.11. The smallest absolute Gasteiger partial charge is 0.337 e. The molecule has 0 aliphatic carbocycles. The average molecular weight is 573 g/mol. The van der Waals surface area contributed by atoms with Crippen LogP contribution >= 0.6 is 43.6 Å². The number of benzene rings is 2. The first-order valence-corrected chi connectivity index (χ1v) is 11.7. The summed E-state index contributed by atoms with van der Waals surface area (Å²) in [5, 5.41) is 10.3. The Bertz CT molecular complexity index is 1290. The molecule has 2 aromatic rings. The van der Waals surface area contributed by atoms with Gasteiger partial charge in [-0.15, -0.1) is 0 Å². The number of allylic oxidation sites excluding steroid dienone is 1. The molecular weight excluding hydrogens is 558 g/mol. The summed E-state index contributed by atoms with van der Waals surface area (Å²) in [6.07, 6.45) is 1.45. The zero-order valence-electron chi connectivity index (χ0n) is 16.6. The first kappa shape index (κ1) is 22.4. The fraction of sp³-hybridized carbons (Fsp3) is 0.0870. The number of esters is 1. The van der Waals surface area contributed by atoms with Crippen LogP contribution in [0.5, 0.6) is 0 Å². The lowest BCUT2D eigenvalue weighted by Gasteiger charge is -2.37. The van der Waals surface area contributed by atoms with Gasteiger partial charge in [-0.05, 0) is 35.4 Å². The molecule has 0 saturated carbocycles. The Morgan fingerprint density at radius 1 is 1.19 bits per heavy atom. The second-order valence-corrected chi connectivity index (χ2v) is 9.77.